The maximum Gasteiger partial charge on any atom is 0.191 e. The summed E-state index contributed by atoms with van der Waals surface area (Å²) in [7, 11) is 3.62. The van der Waals surface area contributed by atoms with E-state index in [0.717, 1.165) is 32.1 Å². The third kappa shape index (κ3) is 10.1. The van der Waals surface area contributed by atoms with Gasteiger partial charge in [0.1, 0.15) is 0 Å². The van der Waals surface area contributed by atoms with Crippen molar-refractivity contribution >= 4 is 41.7 Å². The molecule has 132 valence electrons. The minimum Gasteiger partial charge on any atom is -0.385 e. The van der Waals surface area contributed by atoms with Crippen LogP contribution in [0.4, 0.5) is 0 Å². The van der Waals surface area contributed by atoms with Crippen LogP contribution in [-0.4, -0.2) is 75.9 Å². The molecule has 1 heterocycles. The molecule has 0 unspecified atom stereocenters. The number of aliphatic imine (C=N–C) groups is 1. The number of hydrogen-bond acceptors (Lipinski definition) is 4. The Hall–Kier alpha value is 0.270. The van der Waals surface area contributed by atoms with Crippen LogP contribution < -0.4 is 10.6 Å². The SMILES string of the molecule is CN=C(NCCCSC)NC1CCN(CCCOC)CC1.I. The summed E-state index contributed by atoms with van der Waals surface area (Å²) >= 11 is 1.89. The van der Waals surface area contributed by atoms with Gasteiger partial charge in [0.2, 0.25) is 0 Å². The number of hydrogen-bond donors (Lipinski definition) is 2. The molecule has 0 aromatic carbocycles. The normalized spacial score (nSPS) is 17.1. The molecule has 2 N–H and O–H groups in total. The van der Waals surface area contributed by atoms with Crippen LogP contribution in [0, 0.1) is 0 Å². The lowest BCUT2D eigenvalue weighted by Crippen LogP contribution is -2.49. The molecule has 1 aliphatic rings. The highest BCUT2D eigenvalue weighted by Gasteiger charge is 2.19. The topological polar surface area (TPSA) is 48.9 Å². The maximum absolute atomic E-state index is 5.11. The second-order valence-electron chi connectivity index (χ2n) is 5.45. The van der Waals surface area contributed by atoms with Crippen molar-refractivity contribution in [1.29, 1.82) is 0 Å². The van der Waals surface area contributed by atoms with E-state index in [1.807, 2.05) is 18.8 Å². The highest BCUT2D eigenvalue weighted by atomic mass is 127. The van der Waals surface area contributed by atoms with Gasteiger partial charge in [0.25, 0.3) is 0 Å². The van der Waals surface area contributed by atoms with E-state index < -0.39 is 0 Å². The molecule has 0 aromatic rings. The molecule has 0 spiro atoms. The number of thioether (sulfide) groups is 1. The third-order valence-corrected chi connectivity index (χ3v) is 4.49. The Bertz CT molecular complexity index is 287. The van der Waals surface area contributed by atoms with Crippen LogP contribution >= 0.6 is 35.7 Å². The Balaban J connectivity index is 0.00000441. The minimum atomic E-state index is 0. The molecule has 1 saturated heterocycles. The molecule has 0 bridgehead atoms. The van der Waals surface area contributed by atoms with Crippen LogP contribution in [0.3, 0.4) is 0 Å². The number of guanidine groups is 1. The standard InChI is InChI=1S/C15H32N4OS.HI/c1-16-15(17-8-4-13-21-3)18-14-6-10-19(11-7-14)9-5-12-20-2;/h14H,4-13H2,1-3H3,(H2,16,17,18);1H. The highest BCUT2D eigenvalue weighted by molar-refractivity contribution is 14.0. The van der Waals surface area contributed by atoms with Crippen LogP contribution in [-0.2, 0) is 4.74 Å². The molecule has 1 fully saturated rings. The van der Waals surface area contributed by atoms with Gasteiger partial charge < -0.3 is 20.3 Å². The van der Waals surface area contributed by atoms with E-state index in [-0.39, 0.29) is 24.0 Å². The Kier molecular flexibility index (Phi) is 15.0. The Labute approximate surface area is 157 Å². The first-order valence-corrected chi connectivity index (χ1v) is 9.37. The average Bonchev–Trinajstić information content (AvgIpc) is 2.52. The molecule has 0 saturated carbocycles. The molecule has 5 nitrogen and oxygen atoms in total. The van der Waals surface area contributed by atoms with Crippen molar-refractivity contribution in [1.82, 2.24) is 15.5 Å². The molecule has 1 aliphatic heterocycles. The molecule has 0 aromatic heterocycles. The Morgan fingerprint density at radius 1 is 1.32 bits per heavy atom. The van der Waals surface area contributed by atoms with Crippen molar-refractivity contribution < 1.29 is 4.74 Å². The summed E-state index contributed by atoms with van der Waals surface area (Å²) in [6.45, 7) is 5.36. The van der Waals surface area contributed by atoms with E-state index in [9.17, 15) is 0 Å². The number of likely N-dealkylation sites (tertiary alicyclic amines) is 1. The third-order valence-electron chi connectivity index (χ3n) is 3.79. The first kappa shape index (κ1) is 22.3. The summed E-state index contributed by atoms with van der Waals surface area (Å²) in [4.78, 5) is 6.85. The molecular weight excluding hydrogens is 411 g/mol. The van der Waals surface area contributed by atoms with E-state index in [1.54, 1.807) is 7.11 Å². The number of piperidine rings is 1. The minimum absolute atomic E-state index is 0. The van der Waals surface area contributed by atoms with Gasteiger partial charge in [0, 0.05) is 53.0 Å². The zero-order chi connectivity index (χ0) is 15.3. The van der Waals surface area contributed by atoms with Gasteiger partial charge in [-0.1, -0.05) is 0 Å². The van der Waals surface area contributed by atoms with Crippen molar-refractivity contribution in [2.75, 3.05) is 59.0 Å². The maximum atomic E-state index is 5.11. The lowest BCUT2D eigenvalue weighted by molar-refractivity contribution is 0.155. The molecule has 0 aliphatic carbocycles. The van der Waals surface area contributed by atoms with Crippen LogP contribution in [0.25, 0.3) is 0 Å². The zero-order valence-electron chi connectivity index (χ0n) is 14.3. The molecule has 7 heteroatoms. The lowest BCUT2D eigenvalue weighted by Gasteiger charge is -2.33. The summed E-state index contributed by atoms with van der Waals surface area (Å²) in [6.07, 6.45) is 6.84. The summed E-state index contributed by atoms with van der Waals surface area (Å²) in [5.74, 6) is 2.15. The summed E-state index contributed by atoms with van der Waals surface area (Å²) in [6, 6.07) is 0.551. The summed E-state index contributed by atoms with van der Waals surface area (Å²) in [5, 5.41) is 6.95. The van der Waals surface area contributed by atoms with E-state index in [2.05, 4.69) is 26.8 Å². The second-order valence-corrected chi connectivity index (χ2v) is 6.44. The number of nitrogens with zero attached hydrogens (tertiary/aromatic N) is 2. The molecule has 0 amide bonds. The average molecular weight is 444 g/mol. The van der Waals surface area contributed by atoms with Crippen molar-refractivity contribution in [3.63, 3.8) is 0 Å². The van der Waals surface area contributed by atoms with Crippen LogP contribution in [0.1, 0.15) is 25.7 Å². The van der Waals surface area contributed by atoms with Crippen LogP contribution in [0.2, 0.25) is 0 Å². The van der Waals surface area contributed by atoms with E-state index in [1.165, 1.54) is 38.1 Å². The van der Waals surface area contributed by atoms with Crippen LogP contribution in [0.15, 0.2) is 4.99 Å². The largest absolute Gasteiger partial charge is 0.385 e. The first-order valence-electron chi connectivity index (χ1n) is 7.97. The molecule has 0 radical (unpaired) electrons. The Morgan fingerprint density at radius 3 is 2.64 bits per heavy atom. The second kappa shape index (κ2) is 14.8. The number of ether oxygens (including phenoxy) is 1. The van der Waals surface area contributed by atoms with Crippen molar-refractivity contribution in [3.8, 4) is 0 Å². The quantitative estimate of drug-likeness (QED) is 0.247. The summed E-state index contributed by atoms with van der Waals surface area (Å²) < 4.78 is 5.11. The summed E-state index contributed by atoms with van der Waals surface area (Å²) in [5.41, 5.74) is 0. The smallest absolute Gasteiger partial charge is 0.191 e. The van der Waals surface area contributed by atoms with E-state index in [0.29, 0.717) is 6.04 Å². The number of halogens is 1. The van der Waals surface area contributed by atoms with Gasteiger partial charge in [-0.15, -0.1) is 24.0 Å². The molecule has 22 heavy (non-hydrogen) atoms. The predicted octanol–water partition coefficient (Wildman–Crippen LogP) is 2.02. The zero-order valence-corrected chi connectivity index (χ0v) is 17.4. The van der Waals surface area contributed by atoms with Gasteiger partial charge >= 0.3 is 0 Å². The van der Waals surface area contributed by atoms with Gasteiger partial charge in [-0.2, -0.15) is 11.8 Å². The van der Waals surface area contributed by atoms with Crippen molar-refractivity contribution in [2.24, 2.45) is 4.99 Å². The molecular formula is C15H33IN4OS. The number of methoxy groups -OCH3 is 1. The van der Waals surface area contributed by atoms with Gasteiger partial charge in [-0.3, -0.25) is 4.99 Å². The van der Waals surface area contributed by atoms with E-state index in [4.69, 9.17) is 4.74 Å². The first-order chi connectivity index (χ1) is 10.3. The lowest BCUT2D eigenvalue weighted by atomic mass is 10.1. The fourth-order valence-corrected chi connectivity index (χ4v) is 2.98. The van der Waals surface area contributed by atoms with E-state index >= 15 is 0 Å². The highest BCUT2D eigenvalue weighted by Crippen LogP contribution is 2.10. The molecule has 1 rings (SSSR count). The van der Waals surface area contributed by atoms with Crippen molar-refractivity contribution in [2.45, 2.75) is 31.7 Å². The molecule has 0 atom stereocenters. The fourth-order valence-electron chi connectivity index (χ4n) is 2.54. The number of nitrogens with one attached hydrogen (secondary N) is 2. The Morgan fingerprint density at radius 2 is 2.05 bits per heavy atom. The van der Waals surface area contributed by atoms with Crippen molar-refractivity contribution in [3.05, 3.63) is 0 Å². The number of rotatable bonds is 9. The van der Waals surface area contributed by atoms with Gasteiger partial charge in [0.05, 0.1) is 0 Å². The van der Waals surface area contributed by atoms with Crippen LogP contribution in [0.5, 0.6) is 0 Å². The fraction of sp³-hybridized carbons (Fsp3) is 0.933. The van der Waals surface area contributed by atoms with Gasteiger partial charge in [-0.05, 0) is 37.7 Å². The van der Waals surface area contributed by atoms with Gasteiger partial charge in [-0.25, -0.2) is 0 Å². The van der Waals surface area contributed by atoms with Gasteiger partial charge in [0.15, 0.2) is 5.96 Å². The monoisotopic (exact) mass is 444 g/mol. The predicted molar refractivity (Wildman–Crippen MR) is 109 cm³/mol.